The monoisotopic (exact) mass is 652 g/mol. The third-order valence-electron chi connectivity index (χ3n) is 8.88. The number of pyridine rings is 2. The van der Waals surface area contributed by atoms with Gasteiger partial charge in [0.1, 0.15) is 17.1 Å². The lowest BCUT2D eigenvalue weighted by atomic mass is 9.94. The molecule has 11 nitrogen and oxygen atoms in total. The molecular formula is C37H44N6O5. The number of hydrogen-bond donors (Lipinski definition) is 5. The summed E-state index contributed by atoms with van der Waals surface area (Å²) in [7, 11) is 3.47. The number of aliphatic hydroxyl groups is 2. The summed E-state index contributed by atoms with van der Waals surface area (Å²) in [5.74, 6) is -0.133. The minimum Gasteiger partial charge on any atom is -0.496 e. The fraction of sp³-hybridized carbons (Fsp3) is 0.351. The maximum absolute atomic E-state index is 13.3. The van der Waals surface area contributed by atoms with Gasteiger partial charge in [0.25, 0.3) is 11.8 Å². The smallest absolute Gasteiger partial charge is 0.274 e. The molecule has 5 rings (SSSR count). The number of likely N-dealkylation sites (N-methyl/N-ethyl adjacent to an activating group) is 1. The van der Waals surface area contributed by atoms with Crippen LogP contribution in [0.1, 0.15) is 62.5 Å². The molecule has 0 unspecified atom stereocenters. The molecule has 4 aromatic rings. The zero-order chi connectivity index (χ0) is 34.2. The van der Waals surface area contributed by atoms with E-state index in [4.69, 9.17) is 9.84 Å². The van der Waals surface area contributed by atoms with Crippen LogP contribution in [-0.2, 0) is 13.1 Å². The first kappa shape index (κ1) is 34.6. The van der Waals surface area contributed by atoms with Gasteiger partial charge in [0.15, 0.2) is 0 Å². The minimum atomic E-state index is -0.365. The number of aliphatic hydroxyl groups excluding tert-OH is 2. The largest absolute Gasteiger partial charge is 0.496 e. The quantitative estimate of drug-likeness (QED) is 0.139. The average Bonchev–Trinajstić information content (AvgIpc) is 3.50. The van der Waals surface area contributed by atoms with Crippen molar-refractivity contribution >= 4 is 23.2 Å². The number of anilines is 2. The van der Waals surface area contributed by atoms with E-state index in [2.05, 4.69) is 25.9 Å². The van der Waals surface area contributed by atoms with E-state index in [0.29, 0.717) is 42.5 Å². The Balaban J connectivity index is 1.28. The van der Waals surface area contributed by atoms with Crippen LogP contribution in [0.5, 0.6) is 5.75 Å². The summed E-state index contributed by atoms with van der Waals surface area (Å²) in [5, 5.41) is 28.6. The number of carbonyl (C=O) groups is 2. The van der Waals surface area contributed by atoms with Gasteiger partial charge in [-0.3, -0.25) is 24.5 Å². The fourth-order valence-electron chi connectivity index (χ4n) is 6.04. The van der Waals surface area contributed by atoms with E-state index in [-0.39, 0.29) is 36.3 Å². The van der Waals surface area contributed by atoms with Crippen LogP contribution in [0.2, 0.25) is 0 Å². The van der Waals surface area contributed by atoms with Gasteiger partial charge in [0, 0.05) is 61.1 Å². The van der Waals surface area contributed by atoms with Crippen molar-refractivity contribution in [3.05, 3.63) is 101 Å². The van der Waals surface area contributed by atoms with Crippen molar-refractivity contribution < 1.29 is 24.5 Å². The van der Waals surface area contributed by atoms with Crippen LogP contribution in [0.25, 0.3) is 11.1 Å². The highest BCUT2D eigenvalue weighted by Gasteiger charge is 2.25. The maximum atomic E-state index is 13.3. The SMILES string of the molecule is COc1cc(C(=O)Nc2cccc(-c3cccc(NC(=O)c4ccc(CN(C)CCO)cn4)c3C)c2C)ncc1CN[C@H]1CCC[C@@H]1O. The molecule has 1 aliphatic rings. The first-order chi connectivity index (χ1) is 23.2. The van der Waals surface area contributed by atoms with Crippen LogP contribution < -0.4 is 20.7 Å². The Morgan fingerprint density at radius 2 is 1.56 bits per heavy atom. The van der Waals surface area contributed by atoms with E-state index in [9.17, 15) is 14.7 Å². The highest BCUT2D eigenvalue weighted by atomic mass is 16.5. The average molecular weight is 653 g/mol. The van der Waals surface area contributed by atoms with Gasteiger partial charge in [-0.2, -0.15) is 0 Å². The standard InChI is InChI=1S/C37H44N6O5/c1-23-27(8-5-10-29(23)41-36(46)32-15-14-25(19-38-32)22-43(3)16-17-44)28-9-6-11-30(24(28)2)42-37(47)33-18-35(48-4)26(21-40-33)20-39-31-12-7-13-34(31)45/h5-6,8-11,14-15,18-19,21,31,34,39,44-45H,7,12-13,16-17,20,22H2,1-4H3,(H,41,46)(H,42,47)/t31-,34-/m0/s1. The molecule has 0 radical (unpaired) electrons. The number of rotatable bonds is 13. The molecule has 2 heterocycles. The highest BCUT2D eigenvalue weighted by molar-refractivity contribution is 6.05. The van der Waals surface area contributed by atoms with Gasteiger partial charge < -0.3 is 30.9 Å². The predicted molar refractivity (Wildman–Crippen MR) is 186 cm³/mol. The first-order valence-corrected chi connectivity index (χ1v) is 16.2. The van der Waals surface area contributed by atoms with Crippen molar-refractivity contribution in [3.63, 3.8) is 0 Å². The summed E-state index contributed by atoms with van der Waals surface area (Å²) in [6, 6.07) is 16.7. The zero-order valence-electron chi connectivity index (χ0n) is 27.9. The van der Waals surface area contributed by atoms with Gasteiger partial charge in [-0.1, -0.05) is 30.3 Å². The minimum absolute atomic E-state index is 0.0409. The number of carbonyl (C=O) groups excluding carboxylic acids is 2. The molecule has 0 aliphatic heterocycles. The molecule has 252 valence electrons. The van der Waals surface area contributed by atoms with Crippen LogP contribution in [-0.4, -0.2) is 76.4 Å². The van der Waals surface area contributed by atoms with Crippen LogP contribution >= 0.6 is 0 Å². The third kappa shape index (κ3) is 8.23. The number of nitrogens with zero attached hydrogens (tertiary/aromatic N) is 3. The Kier molecular flexibility index (Phi) is 11.5. The molecule has 2 aromatic carbocycles. The van der Waals surface area contributed by atoms with Gasteiger partial charge in [-0.05, 0) is 86.2 Å². The summed E-state index contributed by atoms with van der Waals surface area (Å²) in [6.45, 7) is 5.63. The van der Waals surface area contributed by atoms with Crippen molar-refractivity contribution in [3.8, 4) is 16.9 Å². The van der Waals surface area contributed by atoms with Crippen molar-refractivity contribution in [2.24, 2.45) is 0 Å². The third-order valence-corrected chi connectivity index (χ3v) is 8.88. The number of benzene rings is 2. The fourth-order valence-corrected chi connectivity index (χ4v) is 6.04. The number of nitrogens with one attached hydrogen (secondary N) is 3. The molecule has 1 fully saturated rings. The number of aromatic nitrogens is 2. The number of ether oxygens (including phenoxy) is 1. The maximum Gasteiger partial charge on any atom is 0.274 e. The Bertz CT molecular complexity index is 1750. The van der Waals surface area contributed by atoms with Crippen LogP contribution in [0.3, 0.4) is 0 Å². The molecule has 5 N–H and O–H groups in total. The van der Waals surface area contributed by atoms with E-state index in [1.807, 2.05) is 68.3 Å². The molecule has 2 atom stereocenters. The summed E-state index contributed by atoms with van der Waals surface area (Å²) in [4.78, 5) is 37.2. The molecule has 0 saturated heterocycles. The lowest BCUT2D eigenvalue weighted by molar-refractivity contribution is 0.101. The number of hydrogen-bond acceptors (Lipinski definition) is 9. The summed E-state index contributed by atoms with van der Waals surface area (Å²) in [6.07, 6.45) is 5.68. The second kappa shape index (κ2) is 15.9. The normalized spacial score (nSPS) is 15.8. The molecule has 0 spiro atoms. The van der Waals surface area contributed by atoms with Gasteiger partial charge in [0.05, 0.1) is 19.8 Å². The van der Waals surface area contributed by atoms with Crippen LogP contribution in [0, 0.1) is 13.8 Å². The summed E-state index contributed by atoms with van der Waals surface area (Å²) in [5.41, 5.74) is 7.15. The van der Waals surface area contributed by atoms with Crippen molar-refractivity contribution in [1.29, 1.82) is 0 Å². The summed E-state index contributed by atoms with van der Waals surface area (Å²) < 4.78 is 5.57. The zero-order valence-corrected chi connectivity index (χ0v) is 27.9. The topological polar surface area (TPSA) is 149 Å². The molecule has 48 heavy (non-hydrogen) atoms. The lowest BCUT2D eigenvalue weighted by Gasteiger charge is -2.18. The second-order valence-electron chi connectivity index (χ2n) is 12.2. The first-order valence-electron chi connectivity index (χ1n) is 16.2. The van der Waals surface area contributed by atoms with Gasteiger partial charge in [-0.25, -0.2) is 0 Å². The molecule has 11 heteroatoms. The molecular weight excluding hydrogens is 608 g/mol. The van der Waals surface area contributed by atoms with Crippen molar-refractivity contribution in [1.82, 2.24) is 20.2 Å². The second-order valence-corrected chi connectivity index (χ2v) is 12.2. The Labute approximate surface area is 281 Å². The van der Waals surface area contributed by atoms with E-state index >= 15 is 0 Å². The molecule has 0 bridgehead atoms. The number of methoxy groups -OCH3 is 1. The highest BCUT2D eigenvalue weighted by Crippen LogP contribution is 2.34. The van der Waals surface area contributed by atoms with Gasteiger partial charge >= 0.3 is 0 Å². The Hall–Kier alpha value is -4.68. The Morgan fingerprint density at radius 1 is 0.917 bits per heavy atom. The predicted octanol–water partition coefficient (Wildman–Crippen LogP) is 4.70. The van der Waals surface area contributed by atoms with Gasteiger partial charge in [0.2, 0.25) is 0 Å². The van der Waals surface area contributed by atoms with E-state index in [1.54, 1.807) is 31.6 Å². The van der Waals surface area contributed by atoms with Crippen molar-refractivity contribution in [2.45, 2.75) is 58.3 Å². The van der Waals surface area contributed by atoms with E-state index in [0.717, 1.165) is 52.6 Å². The Morgan fingerprint density at radius 3 is 2.12 bits per heavy atom. The molecule has 2 amide bonds. The van der Waals surface area contributed by atoms with E-state index < -0.39 is 0 Å². The number of amides is 2. The van der Waals surface area contributed by atoms with Crippen LogP contribution in [0.15, 0.2) is 67.0 Å². The molecule has 2 aromatic heterocycles. The van der Waals surface area contributed by atoms with Gasteiger partial charge in [-0.15, -0.1) is 0 Å². The van der Waals surface area contributed by atoms with Crippen molar-refractivity contribution in [2.75, 3.05) is 37.9 Å². The van der Waals surface area contributed by atoms with Crippen LogP contribution in [0.4, 0.5) is 11.4 Å². The summed E-state index contributed by atoms with van der Waals surface area (Å²) >= 11 is 0. The molecule has 1 aliphatic carbocycles. The molecule has 1 saturated carbocycles. The lowest BCUT2D eigenvalue weighted by Crippen LogP contribution is -2.35. The van der Waals surface area contributed by atoms with E-state index in [1.165, 1.54) is 0 Å².